The monoisotopic (exact) mass is 270 g/mol. The van der Waals surface area contributed by atoms with Gasteiger partial charge in [-0.15, -0.1) is 0 Å². The molecule has 0 unspecified atom stereocenters. The zero-order valence-corrected chi connectivity index (χ0v) is 10.5. The van der Waals surface area contributed by atoms with Gasteiger partial charge in [-0.1, -0.05) is 0 Å². The van der Waals surface area contributed by atoms with Crippen LogP contribution in [0.2, 0.25) is 0 Å². The third-order valence-corrected chi connectivity index (χ3v) is 2.44. The minimum absolute atomic E-state index is 0.138. The average molecular weight is 270 g/mol. The van der Waals surface area contributed by atoms with Crippen LogP contribution in [-0.4, -0.2) is 21.3 Å². The highest BCUT2D eigenvalue weighted by molar-refractivity contribution is 5.44. The summed E-state index contributed by atoms with van der Waals surface area (Å²) in [5.74, 6) is 0.319. The van der Waals surface area contributed by atoms with Gasteiger partial charge in [-0.25, -0.2) is 9.67 Å². The molecule has 0 fully saturated rings. The lowest BCUT2D eigenvalue weighted by atomic mass is 10.2. The highest BCUT2D eigenvalue weighted by Gasteiger charge is 2.31. The fraction of sp³-hybridized carbons (Fsp3) is 0.333. The molecule has 4 nitrogen and oxygen atoms in total. The molecule has 0 saturated carbocycles. The number of nitrogens with zero attached hydrogens (tertiary/aromatic N) is 3. The van der Waals surface area contributed by atoms with Crippen LogP contribution in [0.5, 0.6) is 0 Å². The Morgan fingerprint density at radius 2 is 2.05 bits per heavy atom. The Bertz CT molecular complexity index is 575. The first-order valence-corrected chi connectivity index (χ1v) is 5.75. The van der Waals surface area contributed by atoms with E-state index in [-0.39, 0.29) is 11.6 Å². The first-order chi connectivity index (χ1) is 8.90. The summed E-state index contributed by atoms with van der Waals surface area (Å²) in [5.41, 5.74) is 0.103. The van der Waals surface area contributed by atoms with Crippen molar-refractivity contribution in [1.29, 1.82) is 0 Å². The number of rotatable bonds is 3. The summed E-state index contributed by atoms with van der Waals surface area (Å²) < 4.78 is 39.8. The van der Waals surface area contributed by atoms with Gasteiger partial charge in [0.05, 0.1) is 11.8 Å². The van der Waals surface area contributed by atoms with Crippen molar-refractivity contribution in [1.82, 2.24) is 14.8 Å². The van der Waals surface area contributed by atoms with Crippen LogP contribution in [0.4, 0.5) is 19.0 Å². The number of nitrogens with one attached hydrogen (secondary N) is 1. The molecule has 0 bridgehead atoms. The van der Waals surface area contributed by atoms with Gasteiger partial charge < -0.3 is 5.32 Å². The van der Waals surface area contributed by atoms with Crippen LogP contribution in [0.1, 0.15) is 18.1 Å². The van der Waals surface area contributed by atoms with Crippen molar-refractivity contribution >= 4 is 5.82 Å². The average Bonchev–Trinajstić information content (AvgIpc) is 2.75. The Morgan fingerprint density at radius 3 is 2.58 bits per heavy atom. The molecular weight excluding hydrogens is 257 g/mol. The van der Waals surface area contributed by atoms with Gasteiger partial charge in [0, 0.05) is 12.7 Å². The summed E-state index contributed by atoms with van der Waals surface area (Å²) in [6.07, 6.45) is -1.23. The summed E-state index contributed by atoms with van der Waals surface area (Å²) in [7, 11) is 0. The molecular formula is C12H13F3N4. The van der Waals surface area contributed by atoms with E-state index in [4.69, 9.17) is 0 Å². The van der Waals surface area contributed by atoms with Gasteiger partial charge in [0.15, 0.2) is 5.82 Å². The van der Waals surface area contributed by atoms with Crippen molar-refractivity contribution in [3.63, 3.8) is 0 Å². The van der Waals surface area contributed by atoms with Crippen LogP contribution in [0.25, 0.3) is 5.82 Å². The Balaban J connectivity index is 2.51. The number of aromatic nitrogens is 3. The van der Waals surface area contributed by atoms with Crippen LogP contribution < -0.4 is 5.32 Å². The van der Waals surface area contributed by atoms with E-state index in [9.17, 15) is 13.2 Å². The van der Waals surface area contributed by atoms with Gasteiger partial charge in [0.2, 0.25) is 0 Å². The summed E-state index contributed by atoms with van der Waals surface area (Å²) in [4.78, 5) is 4.11. The van der Waals surface area contributed by atoms with Gasteiger partial charge in [-0.2, -0.15) is 18.3 Å². The standard InChI is InChI=1S/C12H13F3N4/c1-3-16-10-4-9(12(13,14)15)5-11(18-10)19-7-8(2)6-17-19/h4-7H,3H2,1-2H3,(H,16,18). The van der Waals surface area contributed by atoms with Crippen molar-refractivity contribution in [2.24, 2.45) is 0 Å². The number of halogens is 3. The Morgan fingerprint density at radius 1 is 1.32 bits per heavy atom. The van der Waals surface area contributed by atoms with Crippen LogP contribution in [0.3, 0.4) is 0 Å². The molecule has 0 aliphatic rings. The third-order valence-electron chi connectivity index (χ3n) is 2.44. The molecule has 2 aromatic rings. The van der Waals surface area contributed by atoms with Crippen molar-refractivity contribution in [3.05, 3.63) is 35.7 Å². The smallest absolute Gasteiger partial charge is 0.370 e. The maximum atomic E-state index is 12.8. The van der Waals surface area contributed by atoms with Gasteiger partial charge in [-0.3, -0.25) is 0 Å². The Hall–Kier alpha value is -2.05. The molecule has 0 amide bonds. The van der Waals surface area contributed by atoms with Crippen LogP contribution in [0, 0.1) is 6.92 Å². The second-order valence-corrected chi connectivity index (χ2v) is 4.09. The third kappa shape index (κ3) is 3.04. The normalized spacial score (nSPS) is 11.6. The fourth-order valence-corrected chi connectivity index (χ4v) is 1.61. The van der Waals surface area contributed by atoms with Crippen molar-refractivity contribution < 1.29 is 13.2 Å². The quantitative estimate of drug-likeness (QED) is 0.932. The summed E-state index contributed by atoms with van der Waals surface area (Å²) in [6.45, 7) is 4.09. The lowest BCUT2D eigenvalue weighted by Crippen LogP contribution is -2.11. The first kappa shape index (κ1) is 13.4. The molecule has 0 atom stereocenters. The molecule has 2 aromatic heterocycles. The molecule has 0 radical (unpaired) electrons. The maximum absolute atomic E-state index is 12.8. The first-order valence-electron chi connectivity index (χ1n) is 5.75. The van der Waals surface area contributed by atoms with Crippen LogP contribution in [0.15, 0.2) is 24.5 Å². The van der Waals surface area contributed by atoms with E-state index in [1.807, 2.05) is 6.92 Å². The number of alkyl halides is 3. The van der Waals surface area contributed by atoms with Gasteiger partial charge in [-0.05, 0) is 31.5 Å². The topological polar surface area (TPSA) is 42.7 Å². The molecule has 0 aliphatic carbocycles. The van der Waals surface area contributed by atoms with Gasteiger partial charge >= 0.3 is 6.18 Å². The number of hydrogen-bond acceptors (Lipinski definition) is 3. The van der Waals surface area contributed by atoms with Crippen molar-refractivity contribution in [2.75, 3.05) is 11.9 Å². The molecule has 19 heavy (non-hydrogen) atoms. The largest absolute Gasteiger partial charge is 0.416 e. The number of anilines is 1. The second-order valence-electron chi connectivity index (χ2n) is 4.09. The predicted molar refractivity (Wildman–Crippen MR) is 65.3 cm³/mol. The molecule has 7 heteroatoms. The Labute approximate surface area is 108 Å². The van der Waals surface area contributed by atoms with Crippen LogP contribution in [-0.2, 0) is 6.18 Å². The Kier molecular flexibility index (Phi) is 3.46. The fourth-order valence-electron chi connectivity index (χ4n) is 1.61. The van der Waals surface area contributed by atoms with E-state index in [1.54, 1.807) is 19.3 Å². The van der Waals surface area contributed by atoms with E-state index >= 15 is 0 Å². The highest BCUT2D eigenvalue weighted by Crippen LogP contribution is 2.31. The maximum Gasteiger partial charge on any atom is 0.416 e. The van der Waals surface area contributed by atoms with E-state index in [0.717, 1.165) is 17.7 Å². The lowest BCUT2D eigenvalue weighted by molar-refractivity contribution is -0.137. The molecule has 0 spiro atoms. The van der Waals surface area contributed by atoms with E-state index in [1.165, 1.54) is 4.68 Å². The number of hydrogen-bond donors (Lipinski definition) is 1. The zero-order valence-electron chi connectivity index (χ0n) is 10.5. The van der Waals surface area contributed by atoms with E-state index in [2.05, 4.69) is 15.4 Å². The van der Waals surface area contributed by atoms with Crippen molar-refractivity contribution in [3.8, 4) is 5.82 Å². The molecule has 1 N–H and O–H groups in total. The molecule has 2 heterocycles. The minimum Gasteiger partial charge on any atom is -0.370 e. The molecule has 2 rings (SSSR count). The molecule has 0 aromatic carbocycles. The molecule has 102 valence electrons. The van der Waals surface area contributed by atoms with Gasteiger partial charge in [0.25, 0.3) is 0 Å². The van der Waals surface area contributed by atoms with Crippen LogP contribution >= 0.6 is 0 Å². The van der Waals surface area contributed by atoms with Gasteiger partial charge in [0.1, 0.15) is 5.82 Å². The zero-order chi connectivity index (χ0) is 14.0. The highest BCUT2D eigenvalue weighted by atomic mass is 19.4. The second kappa shape index (κ2) is 4.91. The summed E-state index contributed by atoms with van der Waals surface area (Å²) in [5, 5.41) is 6.75. The summed E-state index contributed by atoms with van der Waals surface area (Å²) >= 11 is 0. The molecule has 0 saturated heterocycles. The molecule has 0 aliphatic heterocycles. The predicted octanol–water partition coefficient (Wildman–Crippen LogP) is 3.03. The van der Waals surface area contributed by atoms with Crippen molar-refractivity contribution in [2.45, 2.75) is 20.0 Å². The SMILES string of the molecule is CCNc1cc(C(F)(F)F)cc(-n2cc(C)cn2)n1. The number of aryl methyl sites for hydroxylation is 1. The number of pyridine rings is 1. The lowest BCUT2D eigenvalue weighted by Gasteiger charge is -2.11. The summed E-state index contributed by atoms with van der Waals surface area (Å²) in [6, 6.07) is 1.97. The van der Waals surface area contributed by atoms with E-state index in [0.29, 0.717) is 6.54 Å². The minimum atomic E-state index is -4.41. The van der Waals surface area contributed by atoms with E-state index < -0.39 is 11.7 Å².